The minimum Gasteiger partial charge on any atom is -0.481 e. The zero-order valence-corrected chi connectivity index (χ0v) is 11.5. The van der Waals surface area contributed by atoms with E-state index < -0.39 is 0 Å². The van der Waals surface area contributed by atoms with Gasteiger partial charge >= 0.3 is 0 Å². The Kier molecular flexibility index (Phi) is 4.28. The molecular weight excluding hydrogens is 240 g/mol. The highest BCUT2D eigenvalue weighted by Crippen LogP contribution is 2.26. The first-order chi connectivity index (χ1) is 9.26. The summed E-state index contributed by atoms with van der Waals surface area (Å²) in [5.41, 5.74) is 2.91. The van der Waals surface area contributed by atoms with Crippen LogP contribution in [0, 0.1) is 6.92 Å². The second-order valence-electron chi connectivity index (χ2n) is 4.21. The molecule has 0 fully saturated rings. The molecule has 2 aromatic rings. The molecule has 0 spiro atoms. The minimum atomic E-state index is 0.582. The van der Waals surface area contributed by atoms with E-state index >= 15 is 0 Å². The number of nitrogens with zero attached hydrogens (tertiary/aromatic N) is 3. The molecular formula is C14H18N4O. The van der Waals surface area contributed by atoms with Crippen LogP contribution in [-0.4, -0.2) is 28.6 Å². The van der Waals surface area contributed by atoms with E-state index in [1.54, 1.807) is 19.6 Å². The van der Waals surface area contributed by atoms with Gasteiger partial charge in [0.2, 0.25) is 5.88 Å². The van der Waals surface area contributed by atoms with Crippen LogP contribution in [0.1, 0.15) is 18.9 Å². The Hall–Kier alpha value is -2.17. The molecule has 2 rings (SSSR count). The Morgan fingerprint density at radius 1 is 1.26 bits per heavy atom. The number of hydrogen-bond acceptors (Lipinski definition) is 5. The van der Waals surface area contributed by atoms with Gasteiger partial charge in [-0.15, -0.1) is 0 Å². The van der Waals surface area contributed by atoms with Crippen molar-refractivity contribution in [3.05, 3.63) is 30.2 Å². The summed E-state index contributed by atoms with van der Waals surface area (Å²) in [6.45, 7) is 5.04. The van der Waals surface area contributed by atoms with Crippen LogP contribution < -0.4 is 10.1 Å². The van der Waals surface area contributed by atoms with Gasteiger partial charge in [0, 0.05) is 29.9 Å². The van der Waals surface area contributed by atoms with Crippen LogP contribution in [0.15, 0.2) is 24.7 Å². The standard InChI is InChI=1S/C14H18N4O/c1-4-6-16-14-10(2)13(17-9-18-14)11-5-7-15-12(8-11)19-3/h5,7-9H,4,6H2,1-3H3,(H,16,17,18). The first kappa shape index (κ1) is 13.3. The van der Waals surface area contributed by atoms with Crippen LogP contribution in [-0.2, 0) is 0 Å². The average Bonchev–Trinajstić information content (AvgIpc) is 2.46. The van der Waals surface area contributed by atoms with Gasteiger partial charge in [0.05, 0.1) is 12.8 Å². The van der Waals surface area contributed by atoms with Crippen LogP contribution in [0.2, 0.25) is 0 Å². The number of nitrogens with one attached hydrogen (secondary N) is 1. The van der Waals surface area contributed by atoms with Crippen molar-refractivity contribution in [2.75, 3.05) is 19.0 Å². The molecule has 0 aliphatic rings. The summed E-state index contributed by atoms with van der Waals surface area (Å²) < 4.78 is 5.14. The molecule has 5 nitrogen and oxygen atoms in total. The van der Waals surface area contributed by atoms with E-state index in [0.717, 1.165) is 35.6 Å². The molecule has 0 aliphatic carbocycles. The van der Waals surface area contributed by atoms with Crippen molar-refractivity contribution in [3.63, 3.8) is 0 Å². The summed E-state index contributed by atoms with van der Waals surface area (Å²) in [5, 5.41) is 3.30. The van der Waals surface area contributed by atoms with Gasteiger partial charge in [-0.2, -0.15) is 0 Å². The Morgan fingerprint density at radius 2 is 2.11 bits per heavy atom. The normalized spacial score (nSPS) is 10.3. The van der Waals surface area contributed by atoms with Crippen LogP contribution in [0.25, 0.3) is 11.3 Å². The van der Waals surface area contributed by atoms with Crippen LogP contribution in [0.4, 0.5) is 5.82 Å². The largest absolute Gasteiger partial charge is 0.481 e. The molecule has 2 heterocycles. The van der Waals surface area contributed by atoms with E-state index in [9.17, 15) is 0 Å². The summed E-state index contributed by atoms with van der Waals surface area (Å²) >= 11 is 0. The minimum absolute atomic E-state index is 0.582. The third-order valence-corrected chi connectivity index (χ3v) is 2.84. The van der Waals surface area contributed by atoms with E-state index in [1.807, 2.05) is 19.1 Å². The molecule has 0 saturated carbocycles. The zero-order chi connectivity index (χ0) is 13.7. The summed E-state index contributed by atoms with van der Waals surface area (Å²) in [5.74, 6) is 1.46. The topological polar surface area (TPSA) is 59.9 Å². The number of anilines is 1. The van der Waals surface area contributed by atoms with Gasteiger partial charge in [0.25, 0.3) is 0 Å². The van der Waals surface area contributed by atoms with Gasteiger partial charge in [-0.05, 0) is 19.4 Å². The Balaban J connectivity index is 2.38. The lowest BCUT2D eigenvalue weighted by molar-refractivity contribution is 0.398. The van der Waals surface area contributed by atoms with Crippen molar-refractivity contribution in [3.8, 4) is 17.1 Å². The molecule has 0 saturated heterocycles. The monoisotopic (exact) mass is 258 g/mol. The Bertz CT molecular complexity index is 557. The molecule has 0 aliphatic heterocycles. The molecule has 0 aromatic carbocycles. The molecule has 2 aromatic heterocycles. The highest BCUT2D eigenvalue weighted by Gasteiger charge is 2.09. The smallest absolute Gasteiger partial charge is 0.213 e. The summed E-state index contributed by atoms with van der Waals surface area (Å²) in [4.78, 5) is 12.7. The molecule has 0 bridgehead atoms. The number of rotatable bonds is 5. The maximum Gasteiger partial charge on any atom is 0.213 e. The maximum atomic E-state index is 5.14. The summed E-state index contributed by atoms with van der Waals surface area (Å²) in [7, 11) is 1.60. The molecule has 19 heavy (non-hydrogen) atoms. The fourth-order valence-electron chi connectivity index (χ4n) is 1.83. The SMILES string of the molecule is CCCNc1ncnc(-c2ccnc(OC)c2)c1C. The molecule has 100 valence electrons. The van der Waals surface area contributed by atoms with Crippen LogP contribution in [0.3, 0.4) is 0 Å². The summed E-state index contributed by atoms with van der Waals surface area (Å²) in [6.07, 6.45) is 4.35. The van der Waals surface area contributed by atoms with Gasteiger partial charge in [-0.25, -0.2) is 15.0 Å². The molecule has 5 heteroatoms. The number of methoxy groups -OCH3 is 1. The molecule has 0 unspecified atom stereocenters. The lowest BCUT2D eigenvalue weighted by Crippen LogP contribution is -2.05. The number of aromatic nitrogens is 3. The maximum absolute atomic E-state index is 5.14. The van der Waals surface area contributed by atoms with Crippen LogP contribution in [0.5, 0.6) is 5.88 Å². The number of ether oxygens (including phenoxy) is 1. The quantitative estimate of drug-likeness (QED) is 0.893. The van der Waals surface area contributed by atoms with Crippen molar-refractivity contribution in [2.45, 2.75) is 20.3 Å². The van der Waals surface area contributed by atoms with Crippen molar-refractivity contribution >= 4 is 5.82 Å². The number of pyridine rings is 1. The van der Waals surface area contributed by atoms with Crippen molar-refractivity contribution < 1.29 is 4.74 Å². The van der Waals surface area contributed by atoms with Gasteiger partial charge in [-0.1, -0.05) is 6.92 Å². The van der Waals surface area contributed by atoms with Crippen molar-refractivity contribution in [2.24, 2.45) is 0 Å². The van der Waals surface area contributed by atoms with E-state index in [0.29, 0.717) is 5.88 Å². The summed E-state index contributed by atoms with van der Waals surface area (Å²) in [6, 6.07) is 3.79. The first-order valence-electron chi connectivity index (χ1n) is 6.32. The highest BCUT2D eigenvalue weighted by molar-refractivity contribution is 5.68. The predicted molar refractivity (Wildman–Crippen MR) is 75.3 cm³/mol. The van der Waals surface area contributed by atoms with Gasteiger partial charge < -0.3 is 10.1 Å². The third kappa shape index (κ3) is 2.99. The second kappa shape index (κ2) is 6.13. The molecule has 0 amide bonds. The van der Waals surface area contributed by atoms with E-state index in [1.165, 1.54) is 0 Å². The average molecular weight is 258 g/mol. The fourth-order valence-corrected chi connectivity index (χ4v) is 1.83. The zero-order valence-electron chi connectivity index (χ0n) is 11.5. The molecule has 0 radical (unpaired) electrons. The van der Waals surface area contributed by atoms with Crippen LogP contribution >= 0.6 is 0 Å². The highest BCUT2D eigenvalue weighted by atomic mass is 16.5. The lowest BCUT2D eigenvalue weighted by atomic mass is 10.1. The van der Waals surface area contributed by atoms with Crippen molar-refractivity contribution in [1.29, 1.82) is 0 Å². The lowest BCUT2D eigenvalue weighted by Gasteiger charge is -2.11. The van der Waals surface area contributed by atoms with E-state index in [2.05, 4.69) is 27.2 Å². The molecule has 1 N–H and O–H groups in total. The van der Waals surface area contributed by atoms with Gasteiger partial charge in [-0.3, -0.25) is 0 Å². The fraction of sp³-hybridized carbons (Fsp3) is 0.357. The third-order valence-electron chi connectivity index (χ3n) is 2.84. The second-order valence-corrected chi connectivity index (χ2v) is 4.21. The van der Waals surface area contributed by atoms with Crippen molar-refractivity contribution in [1.82, 2.24) is 15.0 Å². The molecule has 0 atom stereocenters. The van der Waals surface area contributed by atoms with Gasteiger partial charge in [0.1, 0.15) is 12.1 Å². The first-order valence-corrected chi connectivity index (χ1v) is 6.32. The Morgan fingerprint density at radius 3 is 2.84 bits per heavy atom. The van der Waals surface area contributed by atoms with E-state index in [4.69, 9.17) is 4.74 Å². The predicted octanol–water partition coefficient (Wildman–Crippen LogP) is 2.68. The van der Waals surface area contributed by atoms with Gasteiger partial charge in [0.15, 0.2) is 0 Å². The van der Waals surface area contributed by atoms with E-state index in [-0.39, 0.29) is 0 Å². The Labute approximate surface area is 113 Å². The number of hydrogen-bond donors (Lipinski definition) is 1.